The lowest BCUT2D eigenvalue weighted by molar-refractivity contribution is -0.134. The monoisotopic (exact) mass is 365 g/mol. The minimum Gasteiger partial charge on any atom is -0.368 e. The third-order valence-electron chi connectivity index (χ3n) is 5.42. The molecule has 0 saturated carbocycles. The molecular weight excluding hydrogens is 338 g/mol. The van der Waals surface area contributed by atoms with E-state index in [0.717, 1.165) is 19.5 Å². The van der Waals surface area contributed by atoms with Crippen molar-refractivity contribution in [1.29, 1.82) is 0 Å². The highest BCUT2D eigenvalue weighted by Gasteiger charge is 2.39. The molecule has 0 aromatic heterocycles. The molecule has 0 spiro atoms. The highest BCUT2D eigenvalue weighted by atomic mass is 32.2. The molecule has 138 valence electrons. The summed E-state index contributed by atoms with van der Waals surface area (Å²) < 4.78 is 25.1. The number of carbonyl (C=O) groups is 1. The lowest BCUT2D eigenvalue weighted by Gasteiger charge is -2.38. The number of benzene rings is 1. The van der Waals surface area contributed by atoms with Gasteiger partial charge in [0.25, 0.3) is 0 Å². The van der Waals surface area contributed by atoms with Crippen LogP contribution in [0.4, 0.5) is 5.69 Å². The van der Waals surface area contributed by atoms with Crippen LogP contribution in [0.3, 0.4) is 0 Å². The summed E-state index contributed by atoms with van der Waals surface area (Å²) in [5.41, 5.74) is 3.78. The second-order valence-corrected chi connectivity index (χ2v) is 9.00. The van der Waals surface area contributed by atoms with Gasteiger partial charge in [-0.05, 0) is 43.9 Å². The van der Waals surface area contributed by atoms with Gasteiger partial charge in [0.15, 0.2) is 0 Å². The maximum absolute atomic E-state index is 12.8. The van der Waals surface area contributed by atoms with Gasteiger partial charge in [-0.1, -0.05) is 12.1 Å². The largest absolute Gasteiger partial charge is 0.368 e. The van der Waals surface area contributed by atoms with Crippen molar-refractivity contribution < 1.29 is 13.2 Å². The fourth-order valence-corrected chi connectivity index (χ4v) is 4.96. The summed E-state index contributed by atoms with van der Waals surface area (Å²) >= 11 is 0. The Balaban J connectivity index is 1.66. The molecular formula is C18H27N3O3S. The average molecular weight is 365 g/mol. The van der Waals surface area contributed by atoms with E-state index < -0.39 is 16.1 Å². The quantitative estimate of drug-likeness (QED) is 0.812. The number of rotatable bonds is 3. The lowest BCUT2D eigenvalue weighted by Crippen LogP contribution is -2.54. The maximum Gasteiger partial charge on any atom is 0.241 e. The van der Waals surface area contributed by atoms with Crippen LogP contribution in [-0.2, 0) is 14.8 Å². The molecule has 2 aliphatic rings. The van der Waals surface area contributed by atoms with Gasteiger partial charge in [-0.2, -0.15) is 4.31 Å². The first kappa shape index (κ1) is 18.2. The van der Waals surface area contributed by atoms with Gasteiger partial charge in [-0.25, -0.2) is 8.42 Å². The summed E-state index contributed by atoms with van der Waals surface area (Å²) in [7, 11) is -3.32. The van der Waals surface area contributed by atoms with Crippen molar-refractivity contribution in [3.63, 3.8) is 0 Å². The zero-order valence-corrected chi connectivity index (χ0v) is 16.1. The van der Waals surface area contributed by atoms with E-state index in [4.69, 9.17) is 0 Å². The summed E-state index contributed by atoms with van der Waals surface area (Å²) in [5.74, 6) is -0.0384. The van der Waals surface area contributed by atoms with Crippen molar-refractivity contribution in [2.75, 3.05) is 43.9 Å². The first-order valence-electron chi connectivity index (χ1n) is 8.86. The van der Waals surface area contributed by atoms with Crippen molar-refractivity contribution >= 4 is 21.6 Å². The minimum absolute atomic E-state index is 0.0384. The molecule has 1 amide bonds. The van der Waals surface area contributed by atoms with Crippen molar-refractivity contribution in [2.45, 2.75) is 32.7 Å². The van der Waals surface area contributed by atoms with Crippen molar-refractivity contribution in [2.24, 2.45) is 0 Å². The van der Waals surface area contributed by atoms with Crippen molar-refractivity contribution in [3.05, 3.63) is 29.3 Å². The normalized spacial score (nSPS) is 22.4. The lowest BCUT2D eigenvalue weighted by atomic mass is 10.1. The molecule has 2 heterocycles. The van der Waals surface area contributed by atoms with E-state index in [-0.39, 0.29) is 5.91 Å². The standard InChI is InChI=1S/C18H27N3O3S/c1-14-6-4-7-16(15(14)2)19-10-12-20(13-11-19)18(22)17-8-5-9-21(17)25(3,23)24/h4,6-7,17H,5,8-13H2,1-3H3/t17-/m1/s1. The molecule has 0 radical (unpaired) electrons. The first-order valence-corrected chi connectivity index (χ1v) is 10.7. The highest BCUT2D eigenvalue weighted by Crippen LogP contribution is 2.26. The number of hydrogen-bond acceptors (Lipinski definition) is 4. The average Bonchev–Trinajstić information content (AvgIpc) is 3.07. The molecule has 1 aromatic carbocycles. The molecule has 1 aromatic rings. The van der Waals surface area contributed by atoms with Crippen LogP contribution in [0.5, 0.6) is 0 Å². The smallest absolute Gasteiger partial charge is 0.241 e. The summed E-state index contributed by atoms with van der Waals surface area (Å²) in [4.78, 5) is 17.0. The summed E-state index contributed by atoms with van der Waals surface area (Å²) in [6, 6.07) is 5.79. The predicted molar refractivity (Wildman–Crippen MR) is 99.3 cm³/mol. The van der Waals surface area contributed by atoms with Gasteiger partial charge in [0.05, 0.1) is 6.26 Å². The van der Waals surface area contributed by atoms with Crippen LogP contribution in [0.1, 0.15) is 24.0 Å². The van der Waals surface area contributed by atoms with Crippen molar-refractivity contribution in [1.82, 2.24) is 9.21 Å². The first-order chi connectivity index (χ1) is 11.8. The van der Waals surface area contributed by atoms with E-state index >= 15 is 0 Å². The van der Waals surface area contributed by atoms with Crippen LogP contribution < -0.4 is 4.90 Å². The van der Waals surface area contributed by atoms with Crippen LogP contribution in [0.15, 0.2) is 18.2 Å². The molecule has 2 fully saturated rings. The minimum atomic E-state index is -3.32. The topological polar surface area (TPSA) is 60.9 Å². The fraction of sp³-hybridized carbons (Fsp3) is 0.611. The molecule has 0 aliphatic carbocycles. The number of amides is 1. The number of anilines is 1. The number of aryl methyl sites for hydroxylation is 1. The second-order valence-electron chi connectivity index (χ2n) is 7.06. The summed E-state index contributed by atoms with van der Waals surface area (Å²) in [6.45, 7) is 7.53. The Hall–Kier alpha value is -1.60. The van der Waals surface area contributed by atoms with E-state index in [1.54, 1.807) is 0 Å². The number of nitrogens with zero attached hydrogens (tertiary/aromatic N) is 3. The van der Waals surface area contributed by atoms with Crippen LogP contribution in [-0.4, -0.2) is 68.6 Å². The Morgan fingerprint density at radius 2 is 1.76 bits per heavy atom. The Morgan fingerprint density at radius 3 is 2.40 bits per heavy atom. The van der Waals surface area contributed by atoms with Gasteiger partial charge in [0.2, 0.25) is 15.9 Å². The van der Waals surface area contributed by atoms with Gasteiger partial charge < -0.3 is 9.80 Å². The molecule has 7 heteroatoms. The molecule has 1 atom stereocenters. The van der Waals surface area contributed by atoms with Crippen LogP contribution in [0, 0.1) is 13.8 Å². The predicted octanol–water partition coefficient (Wildman–Crippen LogP) is 1.38. The van der Waals surface area contributed by atoms with Crippen LogP contribution >= 0.6 is 0 Å². The number of piperazine rings is 1. The molecule has 0 N–H and O–H groups in total. The molecule has 2 saturated heterocycles. The zero-order chi connectivity index (χ0) is 18.2. The van der Waals surface area contributed by atoms with Crippen LogP contribution in [0.2, 0.25) is 0 Å². The molecule has 25 heavy (non-hydrogen) atoms. The number of sulfonamides is 1. The van der Waals surface area contributed by atoms with E-state index in [1.165, 1.54) is 27.4 Å². The second kappa shape index (κ2) is 6.96. The van der Waals surface area contributed by atoms with Gasteiger partial charge in [0.1, 0.15) is 6.04 Å². The third-order valence-corrected chi connectivity index (χ3v) is 6.71. The SMILES string of the molecule is Cc1cccc(N2CCN(C(=O)[C@H]3CCCN3S(C)(=O)=O)CC2)c1C. The zero-order valence-electron chi connectivity index (χ0n) is 15.2. The van der Waals surface area contributed by atoms with E-state index in [2.05, 4.69) is 36.9 Å². The Bertz CT molecular complexity index is 755. The Morgan fingerprint density at radius 1 is 1.08 bits per heavy atom. The summed E-state index contributed by atoms with van der Waals surface area (Å²) in [5, 5.41) is 0. The number of hydrogen-bond donors (Lipinski definition) is 0. The molecule has 3 rings (SSSR count). The molecule has 6 nitrogen and oxygen atoms in total. The molecule has 0 unspecified atom stereocenters. The van der Waals surface area contributed by atoms with E-state index in [0.29, 0.717) is 26.1 Å². The van der Waals surface area contributed by atoms with Gasteiger partial charge >= 0.3 is 0 Å². The highest BCUT2D eigenvalue weighted by molar-refractivity contribution is 7.88. The van der Waals surface area contributed by atoms with E-state index in [9.17, 15) is 13.2 Å². The van der Waals surface area contributed by atoms with Gasteiger partial charge in [-0.15, -0.1) is 0 Å². The third kappa shape index (κ3) is 3.67. The van der Waals surface area contributed by atoms with E-state index in [1.807, 2.05) is 4.90 Å². The van der Waals surface area contributed by atoms with Gasteiger partial charge in [-0.3, -0.25) is 4.79 Å². The fourth-order valence-electron chi connectivity index (χ4n) is 3.84. The van der Waals surface area contributed by atoms with Crippen molar-refractivity contribution in [3.8, 4) is 0 Å². The Labute approximate surface area is 150 Å². The number of carbonyl (C=O) groups excluding carboxylic acids is 1. The van der Waals surface area contributed by atoms with Gasteiger partial charge in [0, 0.05) is 38.4 Å². The Kier molecular flexibility index (Phi) is 5.06. The summed E-state index contributed by atoms with van der Waals surface area (Å²) in [6.07, 6.45) is 2.58. The molecule has 0 bridgehead atoms. The van der Waals surface area contributed by atoms with Crippen LogP contribution in [0.25, 0.3) is 0 Å². The molecule has 2 aliphatic heterocycles. The maximum atomic E-state index is 12.8.